The summed E-state index contributed by atoms with van der Waals surface area (Å²) in [4.78, 5) is 4.70. The standard InChI is InChI=1S/C16H20BrFN2/c1-6-19-16-12(8(2)3)10(5)20-15-9(4)7-11(18)14(17)13(15)16/h7-8H,6H2,1-5H3,(H,19,20). The van der Waals surface area contributed by atoms with Gasteiger partial charge in [-0.05, 0) is 59.8 Å². The average Bonchev–Trinajstić information content (AvgIpc) is 2.35. The van der Waals surface area contributed by atoms with E-state index in [-0.39, 0.29) is 5.82 Å². The number of halogens is 2. The lowest BCUT2D eigenvalue weighted by molar-refractivity contribution is 0.622. The molecule has 2 aromatic rings. The largest absolute Gasteiger partial charge is 0.384 e. The first-order valence-electron chi connectivity index (χ1n) is 6.91. The molecule has 0 aliphatic rings. The second kappa shape index (κ2) is 5.68. The maximum Gasteiger partial charge on any atom is 0.138 e. The number of hydrogen-bond donors (Lipinski definition) is 1. The summed E-state index contributed by atoms with van der Waals surface area (Å²) in [6.07, 6.45) is 0. The van der Waals surface area contributed by atoms with Gasteiger partial charge in [0.15, 0.2) is 0 Å². The fraction of sp³-hybridized carbons (Fsp3) is 0.438. The molecule has 0 aliphatic heterocycles. The first kappa shape index (κ1) is 15.2. The molecule has 0 unspecified atom stereocenters. The molecule has 0 saturated heterocycles. The van der Waals surface area contributed by atoms with E-state index in [4.69, 9.17) is 4.98 Å². The van der Waals surface area contributed by atoms with Gasteiger partial charge in [-0.2, -0.15) is 0 Å². The number of nitrogens with zero attached hydrogens (tertiary/aromatic N) is 1. The number of aromatic nitrogens is 1. The van der Waals surface area contributed by atoms with Crippen LogP contribution in [0.4, 0.5) is 10.1 Å². The highest BCUT2D eigenvalue weighted by Gasteiger charge is 2.20. The van der Waals surface area contributed by atoms with E-state index in [2.05, 4.69) is 35.1 Å². The zero-order valence-corrected chi connectivity index (χ0v) is 14.2. The molecule has 0 fully saturated rings. The van der Waals surface area contributed by atoms with Gasteiger partial charge in [-0.1, -0.05) is 13.8 Å². The van der Waals surface area contributed by atoms with Crippen LogP contribution in [0.3, 0.4) is 0 Å². The highest BCUT2D eigenvalue weighted by molar-refractivity contribution is 9.10. The predicted molar refractivity (Wildman–Crippen MR) is 87.1 cm³/mol. The van der Waals surface area contributed by atoms with Crippen molar-refractivity contribution >= 4 is 32.5 Å². The zero-order valence-electron chi connectivity index (χ0n) is 12.6. The number of anilines is 1. The Morgan fingerprint density at radius 3 is 2.55 bits per heavy atom. The molecule has 0 amide bonds. The monoisotopic (exact) mass is 338 g/mol. The molecule has 1 N–H and O–H groups in total. The van der Waals surface area contributed by atoms with Crippen LogP contribution < -0.4 is 5.32 Å². The molecule has 0 spiro atoms. The van der Waals surface area contributed by atoms with E-state index in [1.807, 2.05) is 20.8 Å². The van der Waals surface area contributed by atoms with Crippen molar-refractivity contribution < 1.29 is 4.39 Å². The Hall–Kier alpha value is -1.16. The summed E-state index contributed by atoms with van der Waals surface area (Å²) in [5, 5.41) is 4.25. The van der Waals surface area contributed by atoms with E-state index in [0.29, 0.717) is 10.4 Å². The molecule has 0 bridgehead atoms. The Bertz CT molecular complexity index is 666. The molecule has 20 heavy (non-hydrogen) atoms. The molecule has 0 saturated carbocycles. The topological polar surface area (TPSA) is 24.9 Å². The number of rotatable bonds is 3. The Morgan fingerprint density at radius 2 is 2.00 bits per heavy atom. The molecule has 0 radical (unpaired) electrons. The van der Waals surface area contributed by atoms with Crippen LogP contribution in [0, 0.1) is 19.7 Å². The van der Waals surface area contributed by atoms with E-state index < -0.39 is 0 Å². The van der Waals surface area contributed by atoms with Crippen molar-refractivity contribution in [2.24, 2.45) is 0 Å². The van der Waals surface area contributed by atoms with E-state index in [1.54, 1.807) is 0 Å². The number of pyridine rings is 1. The number of aryl methyl sites for hydroxylation is 2. The normalized spacial score (nSPS) is 11.4. The maximum atomic E-state index is 14.1. The molecular formula is C16H20BrFN2. The van der Waals surface area contributed by atoms with Crippen molar-refractivity contribution in [3.8, 4) is 0 Å². The molecule has 1 aromatic carbocycles. The van der Waals surface area contributed by atoms with Crippen LogP contribution in [0.15, 0.2) is 10.5 Å². The van der Waals surface area contributed by atoms with Crippen molar-refractivity contribution in [1.29, 1.82) is 0 Å². The molecule has 0 aliphatic carbocycles. The summed E-state index contributed by atoms with van der Waals surface area (Å²) in [7, 11) is 0. The van der Waals surface area contributed by atoms with Gasteiger partial charge in [-0.15, -0.1) is 0 Å². The lowest BCUT2D eigenvalue weighted by atomic mass is 9.95. The van der Waals surface area contributed by atoms with E-state index in [1.165, 1.54) is 6.07 Å². The van der Waals surface area contributed by atoms with E-state index >= 15 is 0 Å². The third-order valence-electron chi connectivity index (χ3n) is 3.50. The molecular weight excluding hydrogens is 319 g/mol. The molecule has 108 valence electrons. The summed E-state index contributed by atoms with van der Waals surface area (Å²) in [5.41, 5.74) is 4.88. The van der Waals surface area contributed by atoms with Gasteiger partial charge in [0.25, 0.3) is 0 Å². The minimum absolute atomic E-state index is 0.241. The summed E-state index contributed by atoms with van der Waals surface area (Å²) in [6, 6.07) is 1.53. The minimum Gasteiger partial charge on any atom is -0.384 e. The van der Waals surface area contributed by atoms with Gasteiger partial charge in [0.2, 0.25) is 0 Å². The van der Waals surface area contributed by atoms with E-state index in [0.717, 1.165) is 40.0 Å². The first-order chi connectivity index (χ1) is 9.38. The smallest absolute Gasteiger partial charge is 0.138 e. The van der Waals surface area contributed by atoms with Crippen LogP contribution >= 0.6 is 15.9 Å². The fourth-order valence-electron chi connectivity index (χ4n) is 2.72. The second-order valence-electron chi connectivity index (χ2n) is 5.38. The second-order valence-corrected chi connectivity index (χ2v) is 6.18. The van der Waals surface area contributed by atoms with E-state index in [9.17, 15) is 4.39 Å². The first-order valence-corrected chi connectivity index (χ1v) is 7.70. The van der Waals surface area contributed by atoms with Crippen LogP contribution in [-0.2, 0) is 0 Å². The highest BCUT2D eigenvalue weighted by Crippen LogP contribution is 2.39. The average molecular weight is 339 g/mol. The molecule has 2 rings (SSSR count). The molecule has 1 aromatic heterocycles. The van der Waals surface area contributed by atoms with Crippen LogP contribution in [-0.4, -0.2) is 11.5 Å². The summed E-state index contributed by atoms with van der Waals surface area (Å²) >= 11 is 3.39. The SMILES string of the molecule is CCNc1c(C(C)C)c(C)nc2c(C)cc(F)c(Br)c12. The van der Waals surface area contributed by atoms with Gasteiger partial charge in [0, 0.05) is 17.6 Å². The zero-order chi connectivity index (χ0) is 15.0. The number of fused-ring (bicyclic) bond motifs is 1. The molecule has 2 nitrogen and oxygen atoms in total. The quantitative estimate of drug-likeness (QED) is 0.820. The number of hydrogen-bond acceptors (Lipinski definition) is 2. The number of benzene rings is 1. The highest BCUT2D eigenvalue weighted by atomic mass is 79.9. The van der Waals surface area contributed by atoms with Crippen LogP contribution in [0.5, 0.6) is 0 Å². The maximum absolute atomic E-state index is 14.1. The van der Waals surface area contributed by atoms with Gasteiger partial charge in [-0.3, -0.25) is 4.98 Å². The Labute approximate surface area is 127 Å². The summed E-state index contributed by atoms with van der Waals surface area (Å²) in [6.45, 7) is 11.0. The van der Waals surface area contributed by atoms with Crippen molar-refractivity contribution in [3.05, 3.63) is 33.2 Å². The Balaban J connectivity index is 2.99. The van der Waals surface area contributed by atoms with Crippen LogP contribution in [0.2, 0.25) is 0 Å². The fourth-order valence-corrected chi connectivity index (χ4v) is 3.23. The lowest BCUT2D eigenvalue weighted by Gasteiger charge is -2.20. The van der Waals surface area contributed by atoms with Crippen molar-refractivity contribution in [2.45, 2.75) is 40.5 Å². The molecule has 0 atom stereocenters. The Kier molecular flexibility index (Phi) is 4.33. The minimum atomic E-state index is -0.241. The van der Waals surface area contributed by atoms with Gasteiger partial charge >= 0.3 is 0 Å². The third-order valence-corrected chi connectivity index (χ3v) is 4.28. The summed E-state index contributed by atoms with van der Waals surface area (Å²) in [5.74, 6) is 0.0888. The molecule has 1 heterocycles. The molecule has 4 heteroatoms. The lowest BCUT2D eigenvalue weighted by Crippen LogP contribution is -2.08. The van der Waals surface area contributed by atoms with Crippen LogP contribution in [0.25, 0.3) is 10.9 Å². The van der Waals surface area contributed by atoms with Crippen molar-refractivity contribution in [3.63, 3.8) is 0 Å². The van der Waals surface area contributed by atoms with Crippen LogP contribution in [0.1, 0.15) is 43.5 Å². The van der Waals surface area contributed by atoms with Gasteiger partial charge in [0.05, 0.1) is 15.7 Å². The number of nitrogens with one attached hydrogen (secondary N) is 1. The van der Waals surface area contributed by atoms with Crippen molar-refractivity contribution in [1.82, 2.24) is 4.98 Å². The van der Waals surface area contributed by atoms with Gasteiger partial charge in [0.1, 0.15) is 5.82 Å². The Morgan fingerprint density at radius 1 is 1.35 bits per heavy atom. The van der Waals surface area contributed by atoms with Crippen molar-refractivity contribution in [2.75, 3.05) is 11.9 Å². The predicted octanol–water partition coefficient (Wildman–Crippen LogP) is 5.31. The van der Waals surface area contributed by atoms with Gasteiger partial charge < -0.3 is 5.32 Å². The van der Waals surface area contributed by atoms with Gasteiger partial charge in [-0.25, -0.2) is 4.39 Å². The third kappa shape index (κ3) is 2.41. The summed E-state index contributed by atoms with van der Waals surface area (Å²) < 4.78 is 14.6.